The van der Waals surface area contributed by atoms with Crippen LogP contribution in [-0.4, -0.2) is 52.8 Å². The van der Waals surface area contributed by atoms with Crippen LogP contribution in [0.25, 0.3) is 5.69 Å². The number of aromatic nitrogens is 2. The van der Waals surface area contributed by atoms with Gasteiger partial charge in [-0.05, 0) is 19.1 Å². The normalized spacial score (nSPS) is 17.8. The largest absolute Gasteiger partial charge is 0.469 e. The van der Waals surface area contributed by atoms with Crippen LogP contribution >= 0.6 is 11.6 Å². The molecule has 26 heavy (non-hydrogen) atoms. The number of hydrogen-bond donors (Lipinski definition) is 1. The van der Waals surface area contributed by atoms with Crippen LogP contribution in [-0.2, 0) is 20.9 Å². The number of methoxy groups -OCH3 is 1. The van der Waals surface area contributed by atoms with Crippen molar-refractivity contribution in [2.24, 2.45) is 0 Å². The van der Waals surface area contributed by atoms with E-state index in [1.165, 1.54) is 7.11 Å². The number of carbonyl (C=O) groups is 2. The molecule has 1 N–H and O–H groups in total. The molecule has 8 heteroatoms. The number of aryl methyl sites for hydroxylation is 1. The lowest BCUT2D eigenvalue weighted by molar-refractivity contribution is -0.146. The number of nitrogens with zero attached hydrogens (tertiary/aromatic N) is 3. The number of para-hydroxylation sites is 1. The lowest BCUT2D eigenvalue weighted by Gasteiger charge is -2.34. The van der Waals surface area contributed by atoms with Gasteiger partial charge in [-0.3, -0.25) is 14.5 Å². The Balaban J connectivity index is 1.86. The highest BCUT2D eigenvalue weighted by Gasteiger charge is 2.33. The summed E-state index contributed by atoms with van der Waals surface area (Å²) in [6, 6.07) is 9.05. The summed E-state index contributed by atoms with van der Waals surface area (Å²) < 4.78 is 6.41. The van der Waals surface area contributed by atoms with Crippen molar-refractivity contribution in [2.75, 3.05) is 20.2 Å². The van der Waals surface area contributed by atoms with Crippen LogP contribution in [0.3, 0.4) is 0 Å². The summed E-state index contributed by atoms with van der Waals surface area (Å²) >= 11 is 6.58. The number of esters is 1. The fourth-order valence-electron chi connectivity index (χ4n) is 3.07. The van der Waals surface area contributed by atoms with Gasteiger partial charge in [0.25, 0.3) is 0 Å². The number of amides is 1. The second-order valence-electron chi connectivity index (χ2n) is 6.16. The van der Waals surface area contributed by atoms with E-state index in [0.29, 0.717) is 24.8 Å². The van der Waals surface area contributed by atoms with Crippen LogP contribution in [0.5, 0.6) is 0 Å². The molecule has 0 spiro atoms. The Kier molecular flexibility index (Phi) is 5.58. The molecule has 0 radical (unpaired) electrons. The van der Waals surface area contributed by atoms with Gasteiger partial charge >= 0.3 is 5.97 Å². The minimum absolute atomic E-state index is 0.00578. The standard InChI is InChI=1S/C18H21ClN4O3/c1-12-14(17(19)23(21-12)13-6-4-3-5-7-13)11-22-9-8-20-18(25)15(22)10-16(24)26-2/h3-7,15H,8-11H2,1-2H3,(H,20,25)/t15-/m0/s1. The van der Waals surface area contributed by atoms with Crippen molar-refractivity contribution in [3.8, 4) is 5.69 Å². The summed E-state index contributed by atoms with van der Waals surface area (Å²) in [6.45, 7) is 3.48. The molecule has 1 amide bonds. The van der Waals surface area contributed by atoms with Crippen LogP contribution in [0.2, 0.25) is 5.15 Å². The molecule has 0 unspecified atom stereocenters. The average molecular weight is 377 g/mol. The average Bonchev–Trinajstić information content (AvgIpc) is 2.93. The molecule has 1 saturated heterocycles. The van der Waals surface area contributed by atoms with E-state index in [4.69, 9.17) is 16.3 Å². The summed E-state index contributed by atoms with van der Waals surface area (Å²) in [4.78, 5) is 25.8. The van der Waals surface area contributed by atoms with Crippen LogP contribution < -0.4 is 5.32 Å². The third-order valence-electron chi connectivity index (χ3n) is 4.51. The number of piperazine rings is 1. The molecule has 0 saturated carbocycles. The first-order valence-corrected chi connectivity index (χ1v) is 8.77. The first-order valence-electron chi connectivity index (χ1n) is 8.39. The molecule has 0 bridgehead atoms. The molecule has 1 aliphatic heterocycles. The van der Waals surface area contributed by atoms with Crippen LogP contribution in [0.4, 0.5) is 0 Å². The monoisotopic (exact) mass is 376 g/mol. The predicted molar refractivity (Wildman–Crippen MR) is 97.2 cm³/mol. The number of benzene rings is 1. The Morgan fingerprint density at radius 3 is 2.81 bits per heavy atom. The molecule has 1 atom stereocenters. The molecule has 3 rings (SSSR count). The first kappa shape index (κ1) is 18.4. The predicted octanol–water partition coefficient (Wildman–Crippen LogP) is 1.70. The first-order chi connectivity index (χ1) is 12.5. The summed E-state index contributed by atoms with van der Waals surface area (Å²) in [5.41, 5.74) is 2.51. The minimum Gasteiger partial charge on any atom is -0.469 e. The fourth-order valence-corrected chi connectivity index (χ4v) is 3.40. The van der Waals surface area contributed by atoms with Crippen molar-refractivity contribution in [1.82, 2.24) is 20.0 Å². The lowest BCUT2D eigenvalue weighted by atomic mass is 10.1. The number of carbonyl (C=O) groups excluding carboxylic acids is 2. The highest BCUT2D eigenvalue weighted by molar-refractivity contribution is 6.30. The van der Waals surface area contributed by atoms with Crippen molar-refractivity contribution in [1.29, 1.82) is 0 Å². The highest BCUT2D eigenvalue weighted by atomic mass is 35.5. The van der Waals surface area contributed by atoms with Gasteiger partial charge < -0.3 is 10.1 Å². The zero-order valence-corrected chi connectivity index (χ0v) is 15.5. The minimum atomic E-state index is -0.577. The number of ether oxygens (including phenoxy) is 1. The molecule has 1 aliphatic rings. The van der Waals surface area contributed by atoms with E-state index in [-0.39, 0.29) is 12.3 Å². The number of nitrogens with one attached hydrogen (secondary N) is 1. The molecule has 2 heterocycles. The highest BCUT2D eigenvalue weighted by Crippen LogP contribution is 2.26. The Hall–Kier alpha value is -2.38. The number of hydrogen-bond acceptors (Lipinski definition) is 5. The smallest absolute Gasteiger partial charge is 0.307 e. The van der Waals surface area contributed by atoms with Crippen molar-refractivity contribution in [2.45, 2.75) is 25.9 Å². The van der Waals surface area contributed by atoms with E-state index in [2.05, 4.69) is 10.4 Å². The van der Waals surface area contributed by atoms with E-state index in [1.807, 2.05) is 42.2 Å². The third kappa shape index (κ3) is 3.73. The molecular weight excluding hydrogens is 356 g/mol. The molecule has 1 aromatic heterocycles. The molecular formula is C18H21ClN4O3. The Morgan fingerprint density at radius 2 is 2.12 bits per heavy atom. The van der Waals surface area contributed by atoms with Gasteiger partial charge in [-0.1, -0.05) is 29.8 Å². The molecule has 2 aromatic rings. The summed E-state index contributed by atoms with van der Waals surface area (Å²) in [5, 5.41) is 7.84. The fraction of sp³-hybridized carbons (Fsp3) is 0.389. The Labute approximate surface area is 156 Å². The maximum atomic E-state index is 12.2. The van der Waals surface area contributed by atoms with Gasteiger partial charge in [0.05, 0.1) is 24.9 Å². The summed E-state index contributed by atoms with van der Waals surface area (Å²) in [7, 11) is 1.32. The maximum absolute atomic E-state index is 12.2. The van der Waals surface area contributed by atoms with Crippen molar-refractivity contribution in [3.05, 3.63) is 46.7 Å². The quantitative estimate of drug-likeness (QED) is 0.804. The van der Waals surface area contributed by atoms with Gasteiger partial charge in [-0.25, -0.2) is 4.68 Å². The van der Waals surface area contributed by atoms with E-state index in [9.17, 15) is 9.59 Å². The van der Waals surface area contributed by atoms with Gasteiger partial charge in [0, 0.05) is 25.2 Å². The molecule has 1 fully saturated rings. The zero-order chi connectivity index (χ0) is 18.7. The van der Waals surface area contributed by atoms with Crippen LogP contribution in [0, 0.1) is 6.92 Å². The third-order valence-corrected chi connectivity index (χ3v) is 4.90. The van der Waals surface area contributed by atoms with E-state index in [1.54, 1.807) is 4.68 Å². The van der Waals surface area contributed by atoms with Gasteiger partial charge in [0.15, 0.2) is 0 Å². The van der Waals surface area contributed by atoms with Gasteiger partial charge in [-0.2, -0.15) is 5.10 Å². The Morgan fingerprint density at radius 1 is 1.38 bits per heavy atom. The SMILES string of the molecule is COC(=O)C[C@H]1C(=O)NCCN1Cc1c(C)nn(-c2ccccc2)c1Cl. The van der Waals surface area contributed by atoms with Crippen LogP contribution in [0.15, 0.2) is 30.3 Å². The van der Waals surface area contributed by atoms with E-state index in [0.717, 1.165) is 16.9 Å². The Bertz CT molecular complexity index is 806. The van der Waals surface area contributed by atoms with Gasteiger partial charge in [-0.15, -0.1) is 0 Å². The van der Waals surface area contributed by atoms with Crippen molar-refractivity contribution in [3.63, 3.8) is 0 Å². The molecule has 7 nitrogen and oxygen atoms in total. The lowest BCUT2D eigenvalue weighted by Crippen LogP contribution is -2.55. The van der Waals surface area contributed by atoms with Gasteiger partial charge in [0.2, 0.25) is 5.91 Å². The number of halogens is 1. The topological polar surface area (TPSA) is 76.5 Å². The van der Waals surface area contributed by atoms with E-state index >= 15 is 0 Å². The summed E-state index contributed by atoms with van der Waals surface area (Å²) in [5.74, 6) is -0.592. The van der Waals surface area contributed by atoms with Crippen molar-refractivity contribution >= 4 is 23.5 Å². The summed E-state index contributed by atoms with van der Waals surface area (Å²) in [6.07, 6.45) is 0.00578. The second kappa shape index (κ2) is 7.88. The zero-order valence-electron chi connectivity index (χ0n) is 14.7. The maximum Gasteiger partial charge on any atom is 0.307 e. The molecule has 0 aliphatic carbocycles. The number of rotatable bonds is 5. The van der Waals surface area contributed by atoms with Gasteiger partial charge in [0.1, 0.15) is 11.2 Å². The molecule has 1 aromatic carbocycles. The van der Waals surface area contributed by atoms with Crippen LogP contribution in [0.1, 0.15) is 17.7 Å². The molecule has 138 valence electrons. The van der Waals surface area contributed by atoms with E-state index < -0.39 is 12.0 Å². The second-order valence-corrected chi connectivity index (χ2v) is 6.52. The van der Waals surface area contributed by atoms with Crippen molar-refractivity contribution < 1.29 is 14.3 Å².